The highest BCUT2D eigenvalue weighted by atomic mass is 79.9. The molecule has 3 aromatic rings. The van der Waals surface area contributed by atoms with Crippen LogP contribution in [0.5, 0.6) is 0 Å². The first kappa shape index (κ1) is 21.0. The Bertz CT molecular complexity index is 1050. The van der Waals surface area contributed by atoms with Gasteiger partial charge in [0, 0.05) is 18.3 Å². The first-order chi connectivity index (χ1) is 14.1. The van der Waals surface area contributed by atoms with Gasteiger partial charge in [0.15, 0.2) is 0 Å². The molecule has 1 aliphatic rings. The molecule has 3 aromatic heterocycles. The van der Waals surface area contributed by atoms with Crippen molar-refractivity contribution in [3.63, 3.8) is 0 Å². The number of hydrogen-bond acceptors (Lipinski definition) is 7. The summed E-state index contributed by atoms with van der Waals surface area (Å²) in [6.45, 7) is 6.03. The molecule has 2 unspecified atom stereocenters. The van der Waals surface area contributed by atoms with Crippen molar-refractivity contribution >= 4 is 57.1 Å². The average Bonchev–Trinajstić information content (AvgIpc) is 3.11. The largest absolute Gasteiger partial charge is 0.366 e. The minimum absolute atomic E-state index is 0.348. The standard InChI is InChI=1S/C17H19B3BrN9/c1-9-6-11(9)25-14-10(21)8-22-15(27-14)26-13-7-12(28-29(13)17(18,19)20)16(2,3)30-23-4-5-24-30/h4-5,7-9,11H,6H2,1-3H3,(H2,22,25,26,27). The number of hydrogen-bond donors (Lipinski definition) is 2. The zero-order chi connectivity index (χ0) is 21.7. The number of halogens is 1. The minimum Gasteiger partial charge on any atom is -0.366 e. The van der Waals surface area contributed by atoms with Crippen LogP contribution in [0.4, 0.5) is 17.6 Å². The third kappa shape index (κ3) is 4.12. The SMILES string of the molecule is [B]C([B])([B])n1nc(C(C)(C)n2nccn2)cc1Nc1ncc(Br)c(NC2CC2C)n1. The van der Waals surface area contributed by atoms with Crippen LogP contribution >= 0.6 is 15.9 Å². The van der Waals surface area contributed by atoms with Crippen molar-refractivity contribution in [1.29, 1.82) is 0 Å². The number of rotatable bonds is 7. The molecule has 0 saturated heterocycles. The van der Waals surface area contributed by atoms with Gasteiger partial charge < -0.3 is 10.6 Å². The van der Waals surface area contributed by atoms with Gasteiger partial charge >= 0.3 is 0 Å². The van der Waals surface area contributed by atoms with E-state index in [0.717, 1.165) is 10.9 Å². The third-order valence-corrected chi connectivity index (χ3v) is 5.62. The van der Waals surface area contributed by atoms with Crippen LogP contribution < -0.4 is 10.6 Å². The van der Waals surface area contributed by atoms with E-state index in [9.17, 15) is 0 Å². The zero-order valence-electron chi connectivity index (χ0n) is 16.9. The molecule has 2 atom stereocenters. The lowest BCUT2D eigenvalue weighted by Gasteiger charge is -2.25. The van der Waals surface area contributed by atoms with E-state index in [4.69, 9.17) is 23.5 Å². The van der Waals surface area contributed by atoms with Crippen LogP contribution in [0, 0.1) is 5.92 Å². The van der Waals surface area contributed by atoms with Gasteiger partial charge in [0.05, 0.1) is 46.1 Å². The normalized spacial score (nSPS) is 18.9. The zero-order valence-corrected chi connectivity index (χ0v) is 18.5. The van der Waals surface area contributed by atoms with Gasteiger partial charge in [-0.15, -0.1) is 0 Å². The maximum Gasteiger partial charge on any atom is 0.230 e. The molecule has 13 heteroatoms. The third-order valence-electron chi connectivity index (χ3n) is 5.04. The Labute approximate surface area is 187 Å². The summed E-state index contributed by atoms with van der Waals surface area (Å²) in [4.78, 5) is 10.4. The second-order valence-electron chi connectivity index (χ2n) is 8.07. The molecule has 0 aromatic carbocycles. The fourth-order valence-corrected chi connectivity index (χ4v) is 3.32. The number of nitrogens with zero attached hydrogens (tertiary/aromatic N) is 7. The van der Waals surface area contributed by atoms with E-state index in [1.54, 1.807) is 29.5 Å². The fourth-order valence-electron chi connectivity index (χ4n) is 3.01. The summed E-state index contributed by atoms with van der Waals surface area (Å²) >= 11 is 3.48. The summed E-state index contributed by atoms with van der Waals surface area (Å²) in [6.07, 6.45) is 5.98. The summed E-state index contributed by atoms with van der Waals surface area (Å²) in [5.41, 5.74) is -0.0690. The minimum atomic E-state index is -1.74. The molecule has 3 heterocycles. The Morgan fingerprint density at radius 2 is 1.87 bits per heavy atom. The fraction of sp³-hybridized carbons (Fsp3) is 0.471. The van der Waals surface area contributed by atoms with E-state index in [1.807, 2.05) is 13.8 Å². The smallest absolute Gasteiger partial charge is 0.230 e. The Hall–Kier alpha value is -2.30. The van der Waals surface area contributed by atoms with Crippen LogP contribution in [-0.4, -0.2) is 64.3 Å². The van der Waals surface area contributed by atoms with Crippen molar-refractivity contribution in [3.8, 4) is 0 Å². The van der Waals surface area contributed by atoms with Crippen LogP contribution in [0.1, 0.15) is 32.9 Å². The lowest BCUT2D eigenvalue weighted by atomic mass is 9.49. The average molecular weight is 462 g/mol. The topological polar surface area (TPSA) is 98.4 Å². The molecule has 6 radical (unpaired) electrons. The number of anilines is 3. The highest BCUT2D eigenvalue weighted by molar-refractivity contribution is 9.10. The van der Waals surface area contributed by atoms with E-state index in [2.05, 4.69) is 58.8 Å². The highest BCUT2D eigenvalue weighted by Crippen LogP contribution is 2.34. The van der Waals surface area contributed by atoms with Crippen molar-refractivity contribution in [2.75, 3.05) is 10.6 Å². The Balaban J connectivity index is 1.67. The predicted molar refractivity (Wildman–Crippen MR) is 120 cm³/mol. The molecule has 0 bridgehead atoms. The molecule has 2 N–H and O–H groups in total. The molecule has 0 amide bonds. The lowest BCUT2D eigenvalue weighted by Crippen LogP contribution is -2.38. The Morgan fingerprint density at radius 1 is 1.20 bits per heavy atom. The first-order valence-corrected chi connectivity index (χ1v) is 10.3. The van der Waals surface area contributed by atoms with Gasteiger partial charge in [-0.1, -0.05) is 6.92 Å². The molecular weight excluding hydrogens is 443 g/mol. The van der Waals surface area contributed by atoms with E-state index in [1.165, 1.54) is 4.68 Å². The Kier molecular flexibility index (Phi) is 5.20. The molecule has 30 heavy (non-hydrogen) atoms. The summed E-state index contributed by atoms with van der Waals surface area (Å²) in [5.74, 6) is 2.11. The predicted octanol–water partition coefficient (Wildman–Crippen LogP) is 1.45. The van der Waals surface area contributed by atoms with E-state index < -0.39 is 10.8 Å². The van der Waals surface area contributed by atoms with Crippen molar-refractivity contribution in [2.24, 2.45) is 5.92 Å². The van der Waals surface area contributed by atoms with E-state index >= 15 is 0 Å². The highest BCUT2D eigenvalue weighted by Gasteiger charge is 2.33. The maximum atomic E-state index is 5.95. The second kappa shape index (κ2) is 7.44. The molecule has 1 saturated carbocycles. The van der Waals surface area contributed by atoms with Gasteiger partial charge in [0.25, 0.3) is 0 Å². The van der Waals surface area contributed by atoms with E-state index in [-0.39, 0.29) is 0 Å². The second-order valence-corrected chi connectivity index (χ2v) is 8.92. The van der Waals surface area contributed by atoms with Gasteiger partial charge in [-0.05, 0) is 47.4 Å². The Morgan fingerprint density at radius 3 is 2.47 bits per heavy atom. The van der Waals surface area contributed by atoms with E-state index in [0.29, 0.717) is 35.2 Å². The van der Waals surface area contributed by atoms with Crippen LogP contribution in [0.25, 0.3) is 0 Å². The van der Waals surface area contributed by atoms with Gasteiger partial charge in [-0.3, -0.25) is 4.68 Å². The van der Waals surface area contributed by atoms with Crippen molar-refractivity contribution in [3.05, 3.63) is 34.8 Å². The maximum absolute atomic E-state index is 5.95. The number of aromatic nitrogens is 7. The van der Waals surface area contributed by atoms with Crippen LogP contribution in [0.3, 0.4) is 0 Å². The first-order valence-electron chi connectivity index (χ1n) is 9.46. The quantitative estimate of drug-likeness (QED) is 0.514. The van der Waals surface area contributed by atoms with Gasteiger partial charge in [-0.25, -0.2) is 4.98 Å². The van der Waals surface area contributed by atoms with Crippen LogP contribution in [0.15, 0.2) is 29.1 Å². The van der Waals surface area contributed by atoms with Crippen LogP contribution in [-0.2, 0) is 10.8 Å². The molecule has 1 aliphatic carbocycles. The summed E-state index contributed by atoms with van der Waals surface area (Å²) in [7, 11) is 17.8. The van der Waals surface area contributed by atoms with Gasteiger partial charge in [0.2, 0.25) is 5.95 Å². The van der Waals surface area contributed by atoms with Crippen molar-refractivity contribution < 1.29 is 0 Å². The molecule has 4 rings (SSSR count). The monoisotopic (exact) mass is 461 g/mol. The molecule has 0 spiro atoms. The summed E-state index contributed by atoms with van der Waals surface area (Å²) < 4.78 is 2.06. The van der Waals surface area contributed by atoms with Gasteiger partial charge in [-0.2, -0.15) is 25.1 Å². The molecule has 148 valence electrons. The van der Waals surface area contributed by atoms with Crippen molar-refractivity contribution in [2.45, 2.75) is 44.0 Å². The lowest BCUT2D eigenvalue weighted by molar-refractivity contribution is 0.331. The summed E-state index contributed by atoms with van der Waals surface area (Å²) in [6, 6.07) is 2.18. The van der Waals surface area contributed by atoms with Crippen molar-refractivity contribution in [1.82, 2.24) is 34.7 Å². The number of nitrogens with one attached hydrogen (secondary N) is 2. The molecular formula is C17H19B3BrN9. The molecule has 0 aliphatic heterocycles. The van der Waals surface area contributed by atoms with Crippen LogP contribution in [0.2, 0.25) is 0 Å². The molecule has 1 fully saturated rings. The summed E-state index contributed by atoms with van der Waals surface area (Å²) in [5, 5.41) is 17.7. The molecule has 9 nitrogen and oxygen atoms in total. The van der Waals surface area contributed by atoms with Gasteiger partial charge in [0.1, 0.15) is 17.2 Å².